The maximum Gasteiger partial charge on any atom is 0.222 e. The second-order valence-corrected chi connectivity index (χ2v) is 3.65. The Labute approximate surface area is 67.2 Å². The molecule has 0 aromatic heterocycles. The van der Waals surface area contributed by atoms with Gasteiger partial charge in [0.05, 0.1) is 20.2 Å². The first-order valence-electron chi connectivity index (χ1n) is 4.24. The van der Waals surface area contributed by atoms with Crippen LogP contribution in [0.25, 0.3) is 0 Å². The predicted molar refractivity (Wildman–Crippen MR) is 41.8 cm³/mol. The standard InChI is InChI=1S/C8H17FNO/c1-10(7-9)5-3-2-4-8(10)6-11/h8,11H,2-7H2,1H3/q+1/t8-,10?/m1/s1. The van der Waals surface area contributed by atoms with Gasteiger partial charge in [0.15, 0.2) is 0 Å². The zero-order chi connectivity index (χ0) is 8.32. The quantitative estimate of drug-likeness (QED) is 0.472. The third-order valence-corrected chi connectivity index (χ3v) is 2.82. The number of alkyl halides is 1. The molecule has 11 heavy (non-hydrogen) atoms. The molecule has 0 radical (unpaired) electrons. The van der Waals surface area contributed by atoms with Gasteiger partial charge in [0.1, 0.15) is 6.04 Å². The van der Waals surface area contributed by atoms with Gasteiger partial charge in [-0.05, 0) is 12.8 Å². The van der Waals surface area contributed by atoms with Crippen LogP contribution in [0.2, 0.25) is 0 Å². The molecule has 1 N–H and O–H groups in total. The predicted octanol–water partition coefficient (Wildman–Crippen LogP) is 0.905. The van der Waals surface area contributed by atoms with Crippen LogP contribution < -0.4 is 0 Å². The van der Waals surface area contributed by atoms with Crippen molar-refractivity contribution < 1.29 is 14.0 Å². The molecule has 0 bridgehead atoms. The van der Waals surface area contributed by atoms with Gasteiger partial charge in [0.25, 0.3) is 0 Å². The van der Waals surface area contributed by atoms with E-state index in [0.29, 0.717) is 4.48 Å². The Hall–Kier alpha value is -0.150. The first-order chi connectivity index (χ1) is 5.23. The summed E-state index contributed by atoms with van der Waals surface area (Å²) in [5.74, 6) is 0. The van der Waals surface area contributed by atoms with E-state index in [1.807, 2.05) is 7.05 Å². The van der Waals surface area contributed by atoms with Crippen molar-refractivity contribution in [1.29, 1.82) is 0 Å². The van der Waals surface area contributed by atoms with Crippen molar-refractivity contribution in [2.45, 2.75) is 25.3 Å². The molecule has 1 saturated heterocycles. The lowest BCUT2D eigenvalue weighted by molar-refractivity contribution is -0.949. The first kappa shape index (κ1) is 8.94. The minimum absolute atomic E-state index is 0.125. The Balaban J connectivity index is 2.57. The lowest BCUT2D eigenvalue weighted by Gasteiger charge is -2.41. The van der Waals surface area contributed by atoms with E-state index in [1.165, 1.54) is 0 Å². The summed E-state index contributed by atoms with van der Waals surface area (Å²) in [6, 6.07) is 0.133. The minimum Gasteiger partial charge on any atom is -0.390 e. The summed E-state index contributed by atoms with van der Waals surface area (Å²) in [5.41, 5.74) is 0. The van der Waals surface area contributed by atoms with Gasteiger partial charge >= 0.3 is 0 Å². The molecule has 0 saturated carbocycles. The third-order valence-electron chi connectivity index (χ3n) is 2.82. The van der Waals surface area contributed by atoms with Gasteiger partial charge in [-0.1, -0.05) is 0 Å². The number of aliphatic hydroxyl groups excluding tert-OH is 1. The number of halogens is 1. The van der Waals surface area contributed by atoms with E-state index in [0.717, 1.165) is 25.8 Å². The topological polar surface area (TPSA) is 20.2 Å². The summed E-state index contributed by atoms with van der Waals surface area (Å²) in [6.45, 7) is 0.660. The van der Waals surface area contributed by atoms with Crippen molar-refractivity contribution >= 4 is 0 Å². The van der Waals surface area contributed by atoms with Crippen LogP contribution in [0, 0.1) is 0 Å². The van der Waals surface area contributed by atoms with Gasteiger partial charge in [-0.15, -0.1) is 0 Å². The highest BCUT2D eigenvalue weighted by atomic mass is 19.1. The fourth-order valence-electron chi connectivity index (χ4n) is 1.79. The molecule has 1 aliphatic heterocycles. The van der Waals surface area contributed by atoms with Crippen molar-refractivity contribution in [3.05, 3.63) is 0 Å². The van der Waals surface area contributed by atoms with Crippen LogP contribution in [0.3, 0.4) is 0 Å². The van der Waals surface area contributed by atoms with Gasteiger partial charge in [0.2, 0.25) is 6.80 Å². The van der Waals surface area contributed by atoms with Crippen LogP contribution >= 0.6 is 0 Å². The molecule has 3 heteroatoms. The molecular formula is C8H17FNO+. The highest BCUT2D eigenvalue weighted by molar-refractivity contribution is 4.62. The monoisotopic (exact) mass is 162 g/mol. The zero-order valence-corrected chi connectivity index (χ0v) is 7.09. The van der Waals surface area contributed by atoms with Gasteiger partial charge in [-0.3, -0.25) is 4.48 Å². The summed E-state index contributed by atoms with van der Waals surface area (Å²) in [7, 11) is 1.89. The number of rotatable bonds is 2. The molecule has 2 atom stereocenters. The summed E-state index contributed by atoms with van der Waals surface area (Å²) in [4.78, 5) is 0. The highest BCUT2D eigenvalue weighted by Crippen LogP contribution is 2.23. The van der Waals surface area contributed by atoms with E-state index >= 15 is 0 Å². The summed E-state index contributed by atoms with van der Waals surface area (Å²) in [6.07, 6.45) is 3.20. The van der Waals surface area contributed by atoms with Crippen LogP contribution in [0.1, 0.15) is 19.3 Å². The number of hydrogen-bond acceptors (Lipinski definition) is 1. The minimum atomic E-state index is -0.342. The molecule has 0 spiro atoms. The molecule has 1 heterocycles. The summed E-state index contributed by atoms with van der Waals surface area (Å²) < 4.78 is 13.0. The van der Waals surface area contributed by atoms with Gasteiger partial charge in [0, 0.05) is 6.42 Å². The number of likely N-dealkylation sites (N-methyl/N-ethyl adjacent to an activating group) is 1. The maximum absolute atomic E-state index is 12.6. The Morgan fingerprint density at radius 2 is 2.27 bits per heavy atom. The fourth-order valence-corrected chi connectivity index (χ4v) is 1.79. The number of hydrogen-bond donors (Lipinski definition) is 1. The zero-order valence-electron chi connectivity index (χ0n) is 7.09. The van der Waals surface area contributed by atoms with Crippen LogP contribution in [0.4, 0.5) is 4.39 Å². The smallest absolute Gasteiger partial charge is 0.222 e. The van der Waals surface area contributed by atoms with Crippen molar-refractivity contribution in [2.75, 3.05) is 27.0 Å². The summed E-state index contributed by atoms with van der Waals surface area (Å²) >= 11 is 0. The SMILES string of the molecule is C[N+]1(CF)CCCC[C@@H]1CO. The molecule has 2 nitrogen and oxygen atoms in total. The van der Waals surface area contributed by atoms with E-state index in [1.54, 1.807) is 0 Å². The number of aliphatic hydroxyl groups is 1. The van der Waals surface area contributed by atoms with Crippen molar-refractivity contribution in [2.24, 2.45) is 0 Å². The molecule has 0 aromatic rings. The van der Waals surface area contributed by atoms with E-state index in [9.17, 15) is 4.39 Å². The molecule has 1 unspecified atom stereocenters. The van der Waals surface area contributed by atoms with Gasteiger partial charge in [-0.25, -0.2) is 0 Å². The number of nitrogens with zero attached hydrogens (tertiary/aromatic N) is 1. The van der Waals surface area contributed by atoms with Crippen LogP contribution in [-0.4, -0.2) is 42.6 Å². The lowest BCUT2D eigenvalue weighted by Crippen LogP contribution is -2.56. The normalized spacial score (nSPS) is 39.0. The number of piperidine rings is 1. The number of quaternary nitrogens is 1. The van der Waals surface area contributed by atoms with Crippen LogP contribution in [0.15, 0.2) is 0 Å². The Bertz CT molecular complexity index is 131. The lowest BCUT2D eigenvalue weighted by atomic mass is 10.0. The van der Waals surface area contributed by atoms with Crippen LogP contribution in [0.5, 0.6) is 0 Å². The van der Waals surface area contributed by atoms with Gasteiger partial charge < -0.3 is 5.11 Å². The second-order valence-electron chi connectivity index (χ2n) is 3.65. The second kappa shape index (κ2) is 3.50. The van der Waals surface area contributed by atoms with E-state index < -0.39 is 0 Å². The Morgan fingerprint density at radius 3 is 2.73 bits per heavy atom. The molecule has 0 aliphatic carbocycles. The summed E-state index contributed by atoms with van der Waals surface area (Å²) in [5, 5.41) is 8.98. The molecule has 1 fully saturated rings. The van der Waals surface area contributed by atoms with E-state index in [4.69, 9.17) is 5.11 Å². The van der Waals surface area contributed by atoms with E-state index in [-0.39, 0.29) is 19.4 Å². The molecule has 1 rings (SSSR count). The largest absolute Gasteiger partial charge is 0.390 e. The average molecular weight is 162 g/mol. The van der Waals surface area contributed by atoms with Crippen molar-refractivity contribution in [3.8, 4) is 0 Å². The number of likely N-dealkylation sites (tertiary alicyclic amines) is 1. The Kier molecular flexibility index (Phi) is 2.84. The first-order valence-corrected chi connectivity index (χ1v) is 4.24. The average Bonchev–Trinajstić information content (AvgIpc) is 2.05. The van der Waals surface area contributed by atoms with Gasteiger partial charge in [-0.2, -0.15) is 4.39 Å². The fraction of sp³-hybridized carbons (Fsp3) is 1.00. The van der Waals surface area contributed by atoms with Crippen LogP contribution in [-0.2, 0) is 0 Å². The molecule has 1 aliphatic rings. The maximum atomic E-state index is 12.6. The van der Waals surface area contributed by atoms with E-state index in [2.05, 4.69) is 0 Å². The van der Waals surface area contributed by atoms with Crippen molar-refractivity contribution in [1.82, 2.24) is 0 Å². The highest BCUT2D eigenvalue weighted by Gasteiger charge is 2.34. The van der Waals surface area contributed by atoms with Crippen molar-refractivity contribution in [3.63, 3.8) is 0 Å². The Morgan fingerprint density at radius 1 is 1.55 bits per heavy atom. The molecule has 66 valence electrons. The molecule has 0 amide bonds. The molecular weight excluding hydrogens is 145 g/mol. The third kappa shape index (κ3) is 1.71. The molecule has 0 aromatic carbocycles.